The molecule has 2 saturated carbocycles. The summed E-state index contributed by atoms with van der Waals surface area (Å²) in [7, 11) is 0. The highest BCUT2D eigenvalue weighted by Crippen LogP contribution is 2.48. The molecule has 0 spiro atoms. The molecule has 4 aliphatic rings. The second-order valence-electron chi connectivity index (χ2n) is 14.5. The molecule has 2 saturated heterocycles. The predicted octanol–water partition coefficient (Wildman–Crippen LogP) is 0.741. The largest absolute Gasteiger partial charge is 0.347 e. The third-order valence-electron chi connectivity index (χ3n) is 9.64. The molecule has 244 valence electrons. The number of ketones is 1. The summed E-state index contributed by atoms with van der Waals surface area (Å²) in [5.74, 6) is -3.19. The van der Waals surface area contributed by atoms with Gasteiger partial charge in [0.25, 0.3) is 11.8 Å². The van der Waals surface area contributed by atoms with Gasteiger partial charge in [-0.25, -0.2) is 4.98 Å². The van der Waals surface area contributed by atoms with Crippen molar-refractivity contribution in [2.75, 3.05) is 6.54 Å². The van der Waals surface area contributed by atoms with Crippen LogP contribution in [0.15, 0.2) is 18.6 Å². The molecule has 5 rings (SSSR count). The Balaban J connectivity index is 1.34. The first-order valence-electron chi connectivity index (χ1n) is 16.1. The average Bonchev–Trinajstić information content (AvgIpc) is 3.59. The zero-order valence-electron chi connectivity index (χ0n) is 26.7. The lowest BCUT2D eigenvalue weighted by atomic mass is 9.84. The number of nitrogens with zero attached hydrogens (tertiary/aromatic N) is 3. The normalized spacial score (nSPS) is 27.4. The van der Waals surface area contributed by atoms with E-state index in [9.17, 15) is 28.8 Å². The Labute approximate surface area is 263 Å². The lowest BCUT2D eigenvalue weighted by Crippen LogP contribution is -2.62. The fraction of sp³-hybridized carbons (Fsp3) is 0.688. The maximum Gasteiger partial charge on any atom is 0.289 e. The zero-order valence-corrected chi connectivity index (χ0v) is 26.7. The molecule has 4 N–H and O–H groups in total. The van der Waals surface area contributed by atoms with Gasteiger partial charge >= 0.3 is 0 Å². The SMILES string of the molecule is CC(C)[C@H](NC(=O)c1cnccn1)C(=O)N[C@H](C(=O)N1C[C@@H]2CC3CC[C@@H](C(=O)C(=O)NC4CC4)NC(=O)[C@@H]1[C@H]2C3)C(C)(C)C. The van der Waals surface area contributed by atoms with Gasteiger partial charge in [0.05, 0.1) is 12.2 Å². The van der Waals surface area contributed by atoms with Crippen LogP contribution < -0.4 is 21.3 Å². The van der Waals surface area contributed by atoms with Gasteiger partial charge in [-0.2, -0.15) is 0 Å². The van der Waals surface area contributed by atoms with Crippen molar-refractivity contribution in [3.8, 4) is 0 Å². The van der Waals surface area contributed by atoms with Crippen LogP contribution >= 0.6 is 0 Å². The van der Waals surface area contributed by atoms with Crippen molar-refractivity contribution in [3.05, 3.63) is 24.3 Å². The van der Waals surface area contributed by atoms with Crippen LogP contribution in [0.4, 0.5) is 0 Å². The van der Waals surface area contributed by atoms with Gasteiger partial charge < -0.3 is 26.2 Å². The van der Waals surface area contributed by atoms with Gasteiger partial charge in [-0.1, -0.05) is 34.6 Å². The molecule has 0 radical (unpaired) electrons. The van der Waals surface area contributed by atoms with Crippen molar-refractivity contribution in [2.24, 2.45) is 29.1 Å². The number of hydrogen-bond acceptors (Lipinski definition) is 8. The second kappa shape index (κ2) is 12.8. The summed E-state index contributed by atoms with van der Waals surface area (Å²) >= 11 is 0. The van der Waals surface area contributed by atoms with Gasteiger partial charge in [0.15, 0.2) is 0 Å². The van der Waals surface area contributed by atoms with Gasteiger partial charge in [0.2, 0.25) is 23.5 Å². The molecular weight excluding hydrogens is 578 g/mol. The highest BCUT2D eigenvalue weighted by molar-refractivity contribution is 6.38. The standard InChI is InChI=1S/C32H45N7O6/c1-16(2)23(37-27(41)22-14-33-10-11-34-22)28(42)38-26(32(3,4)5)31(45)39-15-18-12-17-6-9-21(25(40)30(44)35-19-7-8-19)36-29(43)24(39)20(18)13-17/h10-11,14,16-21,23-24,26H,6-9,12-13,15H2,1-5H3,(H,35,44)(H,36,43)(H,37,41)(H,38,42)/t17?,18-,20-,21-,23-,24-,26+/m0/s1. The van der Waals surface area contributed by atoms with Crippen molar-refractivity contribution in [2.45, 2.75) is 103 Å². The Kier molecular flexibility index (Phi) is 9.27. The van der Waals surface area contributed by atoms with Gasteiger partial charge in [0.1, 0.15) is 23.8 Å². The Bertz CT molecular complexity index is 1340. The van der Waals surface area contributed by atoms with Crippen LogP contribution in [-0.2, 0) is 24.0 Å². The smallest absolute Gasteiger partial charge is 0.289 e. The molecule has 1 unspecified atom stereocenters. The number of amides is 5. The number of Topliss-reactive ketones (excluding diaryl/α,β-unsaturated/α-hetero) is 1. The minimum Gasteiger partial charge on any atom is -0.347 e. The average molecular weight is 624 g/mol. The van der Waals surface area contributed by atoms with Crippen LogP contribution in [0.2, 0.25) is 0 Å². The number of hydrogen-bond donors (Lipinski definition) is 4. The monoisotopic (exact) mass is 623 g/mol. The third kappa shape index (κ3) is 7.17. The van der Waals surface area contributed by atoms with Gasteiger partial charge in [-0.15, -0.1) is 0 Å². The lowest BCUT2D eigenvalue weighted by molar-refractivity contribution is -0.146. The topological polar surface area (TPSA) is 180 Å². The third-order valence-corrected chi connectivity index (χ3v) is 9.64. The van der Waals surface area contributed by atoms with E-state index in [1.165, 1.54) is 18.6 Å². The number of aromatic nitrogens is 2. The number of fused-ring (bicyclic) bond motifs is 1. The molecule has 1 aromatic rings. The number of carbonyl (C=O) groups excluding carboxylic acids is 6. The first-order chi connectivity index (χ1) is 21.2. The van der Waals surface area contributed by atoms with E-state index in [0.717, 1.165) is 32.1 Å². The van der Waals surface area contributed by atoms with Crippen LogP contribution in [0, 0.1) is 29.1 Å². The molecule has 4 fully saturated rings. The van der Waals surface area contributed by atoms with E-state index < -0.39 is 64.9 Å². The van der Waals surface area contributed by atoms with Crippen molar-refractivity contribution in [1.82, 2.24) is 36.1 Å². The van der Waals surface area contributed by atoms with Crippen LogP contribution in [0.5, 0.6) is 0 Å². The second-order valence-corrected chi connectivity index (χ2v) is 14.5. The number of carbonyl (C=O) groups is 6. The molecule has 45 heavy (non-hydrogen) atoms. The number of nitrogens with one attached hydrogen (secondary N) is 4. The summed E-state index contributed by atoms with van der Waals surface area (Å²) in [5, 5.41) is 11.2. The van der Waals surface area contributed by atoms with Crippen LogP contribution in [0.3, 0.4) is 0 Å². The Hall–Kier alpha value is -3.90. The highest BCUT2D eigenvalue weighted by Gasteiger charge is 2.55. The maximum atomic E-state index is 14.4. The number of rotatable bonds is 9. The summed E-state index contributed by atoms with van der Waals surface area (Å²) in [6.45, 7) is 9.46. The summed E-state index contributed by atoms with van der Waals surface area (Å²) in [5.41, 5.74) is -0.674. The van der Waals surface area contributed by atoms with Crippen LogP contribution in [0.1, 0.15) is 83.6 Å². The molecular formula is C32H45N7O6. The molecule has 0 aromatic carbocycles. The van der Waals surface area contributed by atoms with E-state index in [0.29, 0.717) is 18.9 Å². The van der Waals surface area contributed by atoms with Crippen molar-refractivity contribution in [3.63, 3.8) is 0 Å². The quantitative estimate of drug-likeness (QED) is 0.291. The van der Waals surface area contributed by atoms with Crippen molar-refractivity contribution in [1.29, 1.82) is 0 Å². The van der Waals surface area contributed by atoms with E-state index in [-0.39, 0.29) is 29.5 Å². The predicted molar refractivity (Wildman–Crippen MR) is 162 cm³/mol. The molecule has 2 bridgehead atoms. The number of likely N-dealkylation sites (tertiary alicyclic amines) is 1. The molecule has 2 aliphatic heterocycles. The van der Waals surface area contributed by atoms with Gasteiger partial charge in [0, 0.05) is 25.0 Å². The molecule has 5 amide bonds. The Morgan fingerprint density at radius 3 is 2.36 bits per heavy atom. The molecule has 7 atom stereocenters. The molecule has 3 heterocycles. The highest BCUT2D eigenvalue weighted by atomic mass is 16.2. The lowest BCUT2D eigenvalue weighted by Gasteiger charge is -2.37. The van der Waals surface area contributed by atoms with E-state index >= 15 is 0 Å². The van der Waals surface area contributed by atoms with Crippen LogP contribution in [-0.4, -0.2) is 86.9 Å². The summed E-state index contributed by atoms with van der Waals surface area (Å²) in [4.78, 5) is 89.8. The first-order valence-corrected chi connectivity index (χ1v) is 16.1. The molecule has 2 aliphatic carbocycles. The molecule has 1 aromatic heterocycles. The van der Waals surface area contributed by atoms with E-state index in [1.54, 1.807) is 18.7 Å². The first kappa shape index (κ1) is 32.5. The Morgan fingerprint density at radius 1 is 1.00 bits per heavy atom. The molecule has 13 heteroatoms. The maximum absolute atomic E-state index is 14.4. The van der Waals surface area contributed by atoms with Crippen LogP contribution in [0.25, 0.3) is 0 Å². The van der Waals surface area contributed by atoms with E-state index in [1.807, 2.05) is 20.8 Å². The zero-order chi connectivity index (χ0) is 32.6. The van der Waals surface area contributed by atoms with E-state index in [2.05, 4.69) is 31.2 Å². The van der Waals surface area contributed by atoms with Crippen molar-refractivity contribution >= 4 is 35.3 Å². The fourth-order valence-corrected chi connectivity index (χ4v) is 7.05. The summed E-state index contributed by atoms with van der Waals surface area (Å²) in [6, 6.07) is -3.71. The summed E-state index contributed by atoms with van der Waals surface area (Å²) in [6.07, 6.45) is 8.52. The Morgan fingerprint density at radius 2 is 1.73 bits per heavy atom. The van der Waals surface area contributed by atoms with Gasteiger partial charge in [-0.3, -0.25) is 33.8 Å². The van der Waals surface area contributed by atoms with Gasteiger partial charge in [-0.05, 0) is 67.6 Å². The minimum atomic E-state index is -1.00. The van der Waals surface area contributed by atoms with Crippen molar-refractivity contribution < 1.29 is 28.8 Å². The molecule has 13 nitrogen and oxygen atoms in total. The fourth-order valence-electron chi connectivity index (χ4n) is 7.05. The minimum absolute atomic E-state index is 0.0216. The summed E-state index contributed by atoms with van der Waals surface area (Å²) < 4.78 is 0. The van der Waals surface area contributed by atoms with E-state index in [4.69, 9.17) is 0 Å².